The molecule has 1 heterocycles. The summed E-state index contributed by atoms with van der Waals surface area (Å²) in [5, 5.41) is 7.22. The molecule has 0 aliphatic rings. The van der Waals surface area contributed by atoms with Gasteiger partial charge in [-0.05, 0) is 26.8 Å². The third kappa shape index (κ3) is 1.73. The molecule has 0 aliphatic carbocycles. The number of alkyl halides is 1. The van der Waals surface area contributed by atoms with Crippen molar-refractivity contribution in [1.82, 2.24) is 10.2 Å². The van der Waals surface area contributed by atoms with Crippen LogP contribution in [0.2, 0.25) is 0 Å². The molecular weight excluding hydrogens is 143 g/mol. The average molecular weight is 153 g/mol. The molecule has 1 radical (unpaired) electrons. The maximum atomic E-state index is 13.3. The predicted molar refractivity (Wildman–Crippen MR) is 39.7 cm³/mol. The Hall–Kier alpha value is -0.990. The highest BCUT2D eigenvalue weighted by Crippen LogP contribution is 2.25. The van der Waals surface area contributed by atoms with Gasteiger partial charge in [0.15, 0.2) is 0 Å². The predicted octanol–water partition coefficient (Wildman–Crippen LogP) is 1.79. The third-order valence-corrected chi connectivity index (χ3v) is 1.50. The van der Waals surface area contributed by atoms with Gasteiger partial charge in [-0.25, -0.2) is 4.39 Å². The summed E-state index contributed by atoms with van der Waals surface area (Å²) in [6, 6.07) is 1.53. The van der Waals surface area contributed by atoms with Crippen molar-refractivity contribution in [3.8, 4) is 0 Å². The molecule has 1 rings (SSSR count). The summed E-state index contributed by atoms with van der Waals surface area (Å²) in [5.74, 6) is 0. The fourth-order valence-corrected chi connectivity index (χ4v) is 0.957. The Balaban J connectivity index is 3.14. The molecule has 0 fully saturated rings. The molecule has 0 saturated carbocycles. The monoisotopic (exact) mass is 153 g/mol. The van der Waals surface area contributed by atoms with Crippen molar-refractivity contribution < 1.29 is 4.39 Å². The van der Waals surface area contributed by atoms with E-state index < -0.39 is 5.67 Å². The highest BCUT2D eigenvalue weighted by Gasteiger charge is 2.21. The van der Waals surface area contributed by atoms with Crippen LogP contribution in [0.5, 0.6) is 0 Å². The molecule has 0 spiro atoms. The van der Waals surface area contributed by atoms with Crippen molar-refractivity contribution in [3.05, 3.63) is 23.5 Å². The first-order valence-electron chi connectivity index (χ1n) is 3.41. The standard InChI is InChI=1S/C8H10FN2/c1-6-7(8(2,3)9)4-5-10-11-6/h4H,1-3H3. The van der Waals surface area contributed by atoms with E-state index in [4.69, 9.17) is 0 Å². The van der Waals surface area contributed by atoms with Gasteiger partial charge in [0.05, 0.1) is 5.69 Å². The van der Waals surface area contributed by atoms with Crippen LogP contribution in [-0.2, 0) is 5.67 Å². The van der Waals surface area contributed by atoms with E-state index in [2.05, 4.69) is 16.4 Å². The van der Waals surface area contributed by atoms with Crippen molar-refractivity contribution in [2.75, 3.05) is 0 Å². The van der Waals surface area contributed by atoms with Crippen LogP contribution in [0.3, 0.4) is 0 Å². The summed E-state index contributed by atoms with van der Waals surface area (Å²) in [6.45, 7) is 4.72. The minimum Gasteiger partial charge on any atom is -0.239 e. The molecule has 0 bridgehead atoms. The zero-order valence-corrected chi connectivity index (χ0v) is 6.85. The average Bonchev–Trinajstić information content (AvgIpc) is 1.86. The SMILES string of the molecule is Cc1nn[c]cc1C(C)(C)F. The first-order valence-corrected chi connectivity index (χ1v) is 3.41. The minimum atomic E-state index is -1.35. The van der Waals surface area contributed by atoms with E-state index in [9.17, 15) is 4.39 Å². The van der Waals surface area contributed by atoms with Crippen molar-refractivity contribution in [1.29, 1.82) is 0 Å². The normalized spacial score (nSPS) is 11.6. The Kier molecular flexibility index (Phi) is 1.89. The molecule has 0 aromatic carbocycles. The van der Waals surface area contributed by atoms with Crippen LogP contribution in [-0.4, -0.2) is 10.2 Å². The molecule has 0 unspecified atom stereocenters. The lowest BCUT2D eigenvalue weighted by Gasteiger charge is -2.14. The van der Waals surface area contributed by atoms with E-state index in [-0.39, 0.29) is 0 Å². The van der Waals surface area contributed by atoms with Gasteiger partial charge in [-0.15, -0.1) is 5.10 Å². The maximum absolute atomic E-state index is 13.3. The number of nitrogens with zero attached hydrogens (tertiary/aromatic N) is 2. The van der Waals surface area contributed by atoms with E-state index in [0.717, 1.165) is 0 Å². The van der Waals surface area contributed by atoms with Crippen molar-refractivity contribution in [2.45, 2.75) is 26.4 Å². The summed E-state index contributed by atoms with van der Waals surface area (Å²) in [7, 11) is 0. The summed E-state index contributed by atoms with van der Waals surface area (Å²) >= 11 is 0. The second kappa shape index (κ2) is 2.57. The highest BCUT2D eigenvalue weighted by atomic mass is 19.1. The summed E-state index contributed by atoms with van der Waals surface area (Å²) < 4.78 is 13.3. The first-order chi connectivity index (χ1) is 5.02. The van der Waals surface area contributed by atoms with Crippen molar-refractivity contribution in [2.24, 2.45) is 0 Å². The molecule has 0 saturated heterocycles. The maximum Gasteiger partial charge on any atom is 0.132 e. The van der Waals surface area contributed by atoms with Crippen LogP contribution in [0.1, 0.15) is 25.1 Å². The van der Waals surface area contributed by atoms with Gasteiger partial charge in [-0.1, -0.05) is 0 Å². The van der Waals surface area contributed by atoms with Crippen LogP contribution in [0.4, 0.5) is 4.39 Å². The van der Waals surface area contributed by atoms with E-state index in [0.29, 0.717) is 11.3 Å². The zero-order valence-electron chi connectivity index (χ0n) is 6.85. The lowest BCUT2D eigenvalue weighted by Crippen LogP contribution is -2.12. The van der Waals surface area contributed by atoms with Crippen LogP contribution < -0.4 is 0 Å². The summed E-state index contributed by atoms with van der Waals surface area (Å²) in [4.78, 5) is 0. The number of aryl methyl sites for hydroxylation is 1. The number of halogens is 1. The van der Waals surface area contributed by atoms with Crippen LogP contribution >= 0.6 is 0 Å². The molecule has 0 aliphatic heterocycles. The van der Waals surface area contributed by atoms with Gasteiger partial charge in [-0.2, -0.15) is 5.10 Å². The van der Waals surface area contributed by atoms with Gasteiger partial charge in [-0.3, -0.25) is 0 Å². The molecule has 0 N–H and O–H groups in total. The minimum absolute atomic E-state index is 0.549. The second-order valence-electron chi connectivity index (χ2n) is 2.94. The van der Waals surface area contributed by atoms with E-state index in [1.54, 1.807) is 6.92 Å². The van der Waals surface area contributed by atoms with E-state index in [1.165, 1.54) is 19.9 Å². The summed E-state index contributed by atoms with van der Waals surface area (Å²) in [5.41, 5.74) is -0.181. The second-order valence-corrected chi connectivity index (χ2v) is 2.94. The molecule has 1 aromatic heterocycles. The first kappa shape index (κ1) is 8.11. The summed E-state index contributed by atoms with van der Waals surface area (Å²) in [6.07, 6.45) is 2.51. The molecule has 0 amide bonds. The lowest BCUT2D eigenvalue weighted by molar-refractivity contribution is 0.219. The fraction of sp³-hybridized carbons (Fsp3) is 0.500. The van der Waals surface area contributed by atoms with E-state index in [1.807, 2.05) is 0 Å². The quantitative estimate of drug-likeness (QED) is 0.614. The van der Waals surface area contributed by atoms with Crippen molar-refractivity contribution >= 4 is 0 Å². The lowest BCUT2D eigenvalue weighted by atomic mass is 10.00. The zero-order chi connectivity index (χ0) is 8.48. The topological polar surface area (TPSA) is 25.8 Å². The van der Waals surface area contributed by atoms with Gasteiger partial charge >= 0.3 is 0 Å². The van der Waals surface area contributed by atoms with Gasteiger partial charge in [0.1, 0.15) is 11.9 Å². The van der Waals surface area contributed by atoms with Gasteiger partial charge in [0.2, 0.25) is 0 Å². The molecule has 59 valence electrons. The molecule has 11 heavy (non-hydrogen) atoms. The number of aromatic nitrogens is 2. The number of hydrogen-bond acceptors (Lipinski definition) is 2. The molecule has 3 heteroatoms. The highest BCUT2D eigenvalue weighted by molar-refractivity contribution is 5.21. The fourth-order valence-electron chi connectivity index (χ4n) is 0.957. The molecule has 0 atom stereocenters. The Morgan fingerprint density at radius 1 is 1.55 bits per heavy atom. The van der Waals surface area contributed by atoms with E-state index >= 15 is 0 Å². The van der Waals surface area contributed by atoms with Gasteiger partial charge in [0, 0.05) is 5.56 Å². The van der Waals surface area contributed by atoms with Crippen LogP contribution in [0.15, 0.2) is 6.07 Å². The molecule has 1 aromatic rings. The largest absolute Gasteiger partial charge is 0.239 e. The number of hydrogen-bond donors (Lipinski definition) is 0. The van der Waals surface area contributed by atoms with Crippen LogP contribution in [0, 0.1) is 13.1 Å². The Morgan fingerprint density at radius 3 is 2.55 bits per heavy atom. The Bertz CT molecular complexity index is 253. The van der Waals surface area contributed by atoms with Crippen LogP contribution in [0.25, 0.3) is 0 Å². The Morgan fingerprint density at radius 2 is 2.18 bits per heavy atom. The molecular formula is C8H10FN2. The smallest absolute Gasteiger partial charge is 0.132 e. The Labute approximate surface area is 65.5 Å². The van der Waals surface area contributed by atoms with Gasteiger partial charge in [0.25, 0.3) is 0 Å². The third-order valence-electron chi connectivity index (χ3n) is 1.50. The van der Waals surface area contributed by atoms with Crippen molar-refractivity contribution in [3.63, 3.8) is 0 Å². The number of rotatable bonds is 1. The van der Waals surface area contributed by atoms with Gasteiger partial charge < -0.3 is 0 Å². The molecule has 2 nitrogen and oxygen atoms in total.